The summed E-state index contributed by atoms with van der Waals surface area (Å²) in [5.74, 6) is -1.86. The van der Waals surface area contributed by atoms with Gasteiger partial charge in [-0.1, -0.05) is 12.1 Å². The van der Waals surface area contributed by atoms with Gasteiger partial charge in [-0.25, -0.2) is 4.79 Å². The Morgan fingerprint density at radius 3 is 2.19 bits per heavy atom. The molecule has 0 amide bonds. The highest BCUT2D eigenvalue weighted by Crippen LogP contribution is 2.50. The van der Waals surface area contributed by atoms with Gasteiger partial charge in [-0.3, -0.25) is 9.59 Å². The number of hydrogen-bond donors (Lipinski definition) is 0. The van der Waals surface area contributed by atoms with Crippen LogP contribution in [-0.2, 0) is 33.3 Å². The molecule has 1 heterocycles. The van der Waals surface area contributed by atoms with Crippen molar-refractivity contribution in [2.75, 3.05) is 34.5 Å². The van der Waals surface area contributed by atoms with Crippen LogP contribution in [-0.4, -0.2) is 52.5 Å². The first-order chi connectivity index (χ1) is 12.9. The van der Waals surface area contributed by atoms with Gasteiger partial charge in [0, 0.05) is 6.08 Å². The molecule has 1 aromatic rings. The maximum atomic E-state index is 12.8. The molecule has 8 heteroatoms. The number of ether oxygens (including phenoxy) is 5. The van der Waals surface area contributed by atoms with Crippen molar-refractivity contribution in [2.45, 2.75) is 13.0 Å². The molecule has 8 nitrogen and oxygen atoms in total. The van der Waals surface area contributed by atoms with Crippen molar-refractivity contribution in [2.24, 2.45) is 5.41 Å². The third-order valence-corrected chi connectivity index (χ3v) is 4.32. The van der Waals surface area contributed by atoms with Crippen molar-refractivity contribution >= 4 is 17.9 Å². The minimum Gasteiger partial charge on any atom is -0.497 e. The quantitative estimate of drug-likeness (QED) is 0.319. The first-order valence-electron chi connectivity index (χ1n) is 8.25. The van der Waals surface area contributed by atoms with Crippen molar-refractivity contribution in [1.82, 2.24) is 0 Å². The van der Waals surface area contributed by atoms with E-state index in [1.807, 2.05) is 0 Å². The second kappa shape index (κ2) is 8.68. The molecule has 0 aromatic heterocycles. The van der Waals surface area contributed by atoms with Gasteiger partial charge in [-0.2, -0.15) is 0 Å². The van der Waals surface area contributed by atoms with Gasteiger partial charge in [-0.05, 0) is 30.2 Å². The van der Waals surface area contributed by atoms with E-state index in [1.54, 1.807) is 31.2 Å². The highest BCUT2D eigenvalue weighted by Gasteiger charge is 2.62. The largest absolute Gasteiger partial charge is 0.497 e. The maximum Gasteiger partial charge on any atom is 0.330 e. The molecule has 1 fully saturated rings. The number of esters is 3. The van der Waals surface area contributed by atoms with E-state index in [-0.39, 0.29) is 18.8 Å². The molecule has 0 saturated carbocycles. The third kappa shape index (κ3) is 3.66. The molecule has 0 spiro atoms. The first kappa shape index (κ1) is 20.4. The van der Waals surface area contributed by atoms with Gasteiger partial charge in [0.2, 0.25) is 5.41 Å². The predicted octanol–water partition coefficient (Wildman–Crippen LogP) is 1.59. The molecule has 0 unspecified atom stereocenters. The zero-order valence-corrected chi connectivity index (χ0v) is 15.6. The van der Waals surface area contributed by atoms with Gasteiger partial charge in [0.05, 0.1) is 34.5 Å². The van der Waals surface area contributed by atoms with Crippen LogP contribution in [0.1, 0.15) is 18.6 Å². The van der Waals surface area contributed by atoms with Crippen LogP contribution in [0.3, 0.4) is 0 Å². The standard InChI is InChI=1S/C19H22O8/c1-5-26-15(20)10-13-11-27-16(12-6-8-14(23-2)9-7-12)19(13,17(21)24-3)18(22)25-4/h6-10,16H,5,11H2,1-4H3/b13-10+/t16-/m0/s1. The molecule has 1 aliphatic heterocycles. The van der Waals surface area contributed by atoms with E-state index >= 15 is 0 Å². The van der Waals surface area contributed by atoms with E-state index in [4.69, 9.17) is 23.7 Å². The van der Waals surface area contributed by atoms with Gasteiger partial charge in [0.1, 0.15) is 11.9 Å². The van der Waals surface area contributed by atoms with Gasteiger partial charge >= 0.3 is 17.9 Å². The molecule has 2 rings (SSSR count). The predicted molar refractivity (Wildman–Crippen MR) is 92.9 cm³/mol. The third-order valence-electron chi connectivity index (χ3n) is 4.32. The van der Waals surface area contributed by atoms with Gasteiger partial charge < -0.3 is 23.7 Å². The Bertz CT molecular complexity index is 719. The molecule has 0 radical (unpaired) electrons. The maximum absolute atomic E-state index is 12.8. The summed E-state index contributed by atoms with van der Waals surface area (Å²) >= 11 is 0. The number of rotatable bonds is 6. The topological polar surface area (TPSA) is 97.4 Å². The van der Waals surface area contributed by atoms with E-state index in [0.29, 0.717) is 11.3 Å². The first-order valence-corrected chi connectivity index (χ1v) is 8.25. The summed E-state index contributed by atoms with van der Waals surface area (Å²) in [5.41, 5.74) is -1.32. The number of carbonyl (C=O) groups excluding carboxylic acids is 3. The van der Waals surface area contributed by atoms with Gasteiger partial charge in [0.25, 0.3) is 0 Å². The highest BCUT2D eigenvalue weighted by molar-refractivity contribution is 6.06. The lowest BCUT2D eigenvalue weighted by atomic mass is 9.74. The summed E-state index contributed by atoms with van der Waals surface area (Å²) in [6.07, 6.45) is 0.0462. The van der Waals surface area contributed by atoms with Crippen molar-refractivity contribution in [1.29, 1.82) is 0 Å². The molecule has 146 valence electrons. The number of hydrogen-bond acceptors (Lipinski definition) is 8. The molecule has 0 N–H and O–H groups in total. The van der Waals surface area contributed by atoms with Crippen molar-refractivity contribution in [3.8, 4) is 5.75 Å². The van der Waals surface area contributed by atoms with Gasteiger partial charge in [-0.15, -0.1) is 0 Å². The Morgan fingerprint density at radius 2 is 1.70 bits per heavy atom. The van der Waals surface area contributed by atoms with Crippen LogP contribution < -0.4 is 4.74 Å². The minimum absolute atomic E-state index is 0.112. The Labute approximate surface area is 157 Å². The molecular formula is C19H22O8. The zero-order chi connectivity index (χ0) is 20.0. The second-order valence-corrected chi connectivity index (χ2v) is 5.68. The van der Waals surface area contributed by atoms with E-state index < -0.39 is 29.4 Å². The summed E-state index contributed by atoms with van der Waals surface area (Å²) in [4.78, 5) is 37.5. The van der Waals surface area contributed by atoms with Crippen molar-refractivity contribution in [3.05, 3.63) is 41.5 Å². The van der Waals surface area contributed by atoms with Crippen molar-refractivity contribution in [3.63, 3.8) is 0 Å². The molecule has 1 atom stereocenters. The van der Waals surface area contributed by atoms with E-state index in [1.165, 1.54) is 7.11 Å². The van der Waals surface area contributed by atoms with Crippen LogP contribution in [0.4, 0.5) is 0 Å². The Morgan fingerprint density at radius 1 is 1.11 bits per heavy atom. The summed E-state index contributed by atoms with van der Waals surface area (Å²) in [7, 11) is 3.82. The van der Waals surface area contributed by atoms with Crippen LogP contribution in [0, 0.1) is 5.41 Å². The Kier molecular flexibility index (Phi) is 6.57. The monoisotopic (exact) mass is 378 g/mol. The molecule has 1 aliphatic rings. The average Bonchev–Trinajstić information content (AvgIpc) is 3.06. The highest BCUT2D eigenvalue weighted by atomic mass is 16.6. The van der Waals surface area contributed by atoms with Crippen LogP contribution in [0.25, 0.3) is 0 Å². The second-order valence-electron chi connectivity index (χ2n) is 5.68. The van der Waals surface area contributed by atoms with Crippen LogP contribution in [0.15, 0.2) is 35.9 Å². The molecule has 0 aliphatic carbocycles. The molecule has 1 saturated heterocycles. The number of carbonyl (C=O) groups is 3. The summed E-state index contributed by atoms with van der Waals surface area (Å²) in [5, 5.41) is 0. The fourth-order valence-corrected chi connectivity index (χ4v) is 3.07. The smallest absolute Gasteiger partial charge is 0.330 e. The molecular weight excluding hydrogens is 356 g/mol. The van der Waals surface area contributed by atoms with E-state index in [0.717, 1.165) is 20.3 Å². The summed E-state index contributed by atoms with van der Waals surface area (Å²) in [6, 6.07) is 6.67. The Balaban J connectivity index is 2.62. The lowest BCUT2D eigenvalue weighted by molar-refractivity contribution is -0.171. The molecule has 0 bridgehead atoms. The lowest BCUT2D eigenvalue weighted by Crippen LogP contribution is -2.45. The SMILES string of the molecule is CCOC(=O)/C=C1\CO[C@@H](c2ccc(OC)cc2)C1(C(=O)OC)C(=O)OC. The summed E-state index contributed by atoms with van der Waals surface area (Å²) in [6.45, 7) is 1.66. The average molecular weight is 378 g/mol. The normalized spacial score (nSPS) is 19.4. The van der Waals surface area contributed by atoms with E-state index in [2.05, 4.69) is 0 Å². The van der Waals surface area contributed by atoms with E-state index in [9.17, 15) is 14.4 Å². The zero-order valence-electron chi connectivity index (χ0n) is 15.6. The van der Waals surface area contributed by atoms with Crippen LogP contribution >= 0.6 is 0 Å². The number of methoxy groups -OCH3 is 3. The van der Waals surface area contributed by atoms with Crippen LogP contribution in [0.2, 0.25) is 0 Å². The van der Waals surface area contributed by atoms with Gasteiger partial charge in [0.15, 0.2) is 0 Å². The fourth-order valence-electron chi connectivity index (χ4n) is 3.07. The summed E-state index contributed by atoms with van der Waals surface area (Å²) < 4.78 is 25.6. The number of benzene rings is 1. The fraction of sp³-hybridized carbons (Fsp3) is 0.421. The molecule has 27 heavy (non-hydrogen) atoms. The lowest BCUT2D eigenvalue weighted by Gasteiger charge is -2.29. The van der Waals surface area contributed by atoms with Crippen LogP contribution in [0.5, 0.6) is 5.75 Å². The molecule has 1 aromatic carbocycles. The minimum atomic E-state index is -1.95. The van der Waals surface area contributed by atoms with Crippen molar-refractivity contribution < 1.29 is 38.1 Å². The Hall–Kier alpha value is -2.87.